The topological polar surface area (TPSA) is 255 Å². The Morgan fingerprint density at radius 1 is 0.671 bits per heavy atom. The van der Waals surface area contributed by atoms with Crippen molar-refractivity contribution in [3.8, 4) is 0 Å². The van der Waals surface area contributed by atoms with Crippen LogP contribution in [-0.2, 0) is 71.2 Å². The van der Waals surface area contributed by atoms with E-state index in [1.807, 2.05) is 47.6 Å². The Bertz CT molecular complexity index is 2110. The highest BCUT2D eigenvalue weighted by atomic mass is 16.8. The molecule has 7 fully saturated rings. The summed E-state index contributed by atoms with van der Waals surface area (Å²) in [5.41, 5.74) is -6.15. The smallest absolute Gasteiger partial charge is 0.330 e. The summed E-state index contributed by atoms with van der Waals surface area (Å²) in [5, 5.41) is 59.4. The van der Waals surface area contributed by atoms with Crippen molar-refractivity contribution in [1.82, 2.24) is 0 Å². The molecular formula is C56H90O20. The molecule has 0 bridgehead atoms. The number of hydrogen-bond acceptors (Lipinski definition) is 20. The summed E-state index contributed by atoms with van der Waals surface area (Å²) >= 11 is 0. The quantitative estimate of drug-likeness (QED) is 0.0829. The van der Waals surface area contributed by atoms with Crippen LogP contribution >= 0.6 is 0 Å². The maximum absolute atomic E-state index is 13.6. The van der Waals surface area contributed by atoms with Crippen LogP contribution in [0.2, 0.25) is 0 Å². The fraction of sp³-hybridized carbons (Fsp3) is 0.893. The number of Topliss-reactive ketones (excluding diaryl/α,β-unsaturated/α-hetero) is 1. The van der Waals surface area contributed by atoms with Gasteiger partial charge >= 0.3 is 5.97 Å². The molecule has 434 valence electrons. The van der Waals surface area contributed by atoms with Gasteiger partial charge in [-0.1, -0.05) is 38.0 Å². The largest absolute Gasteiger partial charge is 0.458 e. The van der Waals surface area contributed by atoms with Gasteiger partial charge in [0.2, 0.25) is 0 Å². The second-order valence-electron chi connectivity index (χ2n) is 24.0. The first-order valence-corrected chi connectivity index (χ1v) is 27.7. The average Bonchev–Trinajstić information content (AvgIpc) is 3.60. The van der Waals surface area contributed by atoms with E-state index in [9.17, 15) is 35.1 Å². The zero-order valence-corrected chi connectivity index (χ0v) is 47.2. The van der Waals surface area contributed by atoms with E-state index >= 15 is 0 Å². The van der Waals surface area contributed by atoms with Crippen LogP contribution in [-0.4, -0.2) is 199 Å². The number of aliphatic hydroxyl groups is 5. The lowest BCUT2D eigenvalue weighted by molar-refractivity contribution is -0.356. The third-order valence-corrected chi connectivity index (χ3v) is 19.7. The zero-order chi connectivity index (χ0) is 55.6. The minimum absolute atomic E-state index is 0.0403. The third kappa shape index (κ3) is 10.5. The predicted octanol–water partition coefficient (Wildman–Crippen LogP) is 4.10. The normalized spacial score (nSPS) is 49.8. The van der Waals surface area contributed by atoms with Gasteiger partial charge in [-0.15, -0.1) is 0 Å². The molecule has 0 spiro atoms. The first-order chi connectivity index (χ1) is 35.7. The average molecular weight is 1080 g/mol. The van der Waals surface area contributed by atoms with Crippen molar-refractivity contribution in [2.75, 3.05) is 28.4 Å². The van der Waals surface area contributed by atoms with Crippen LogP contribution in [0.25, 0.3) is 0 Å². The molecule has 0 aromatic heterocycles. The van der Waals surface area contributed by atoms with Gasteiger partial charge in [0, 0.05) is 59.7 Å². The highest BCUT2D eigenvalue weighted by Gasteiger charge is 2.81. The van der Waals surface area contributed by atoms with Crippen molar-refractivity contribution < 1.29 is 96.7 Å². The Kier molecular flexibility index (Phi) is 18.2. The Hall–Kier alpha value is -2.06. The van der Waals surface area contributed by atoms with Gasteiger partial charge in [-0.05, 0) is 105 Å². The molecule has 0 aromatic rings. The van der Waals surface area contributed by atoms with E-state index in [0.717, 1.165) is 11.1 Å². The molecule has 25 unspecified atom stereocenters. The molecule has 5 N–H and O–H groups in total. The summed E-state index contributed by atoms with van der Waals surface area (Å²) in [6, 6.07) is 0. The number of ketones is 1. The number of ether oxygens (including phenoxy) is 13. The second kappa shape index (κ2) is 23.1. The second-order valence-corrected chi connectivity index (χ2v) is 24.0. The van der Waals surface area contributed by atoms with Gasteiger partial charge in [-0.2, -0.15) is 0 Å². The fourth-order valence-corrected chi connectivity index (χ4v) is 14.7. The molecule has 0 radical (unpaired) electrons. The van der Waals surface area contributed by atoms with Gasteiger partial charge in [0.25, 0.3) is 0 Å². The summed E-state index contributed by atoms with van der Waals surface area (Å²) < 4.78 is 81.0. The lowest BCUT2D eigenvalue weighted by Crippen LogP contribution is -2.78. The van der Waals surface area contributed by atoms with E-state index in [0.29, 0.717) is 38.5 Å². The molecule has 4 aliphatic carbocycles. The van der Waals surface area contributed by atoms with E-state index in [2.05, 4.69) is 6.92 Å². The Labute approximate surface area is 448 Å². The van der Waals surface area contributed by atoms with Crippen LogP contribution in [0.15, 0.2) is 23.3 Å². The number of carbonyl (C=O) groups excluding carboxylic acids is 2. The standard InChI is InChI=1S/C56H90O20/c1-27(2)28(3)21-41(58)73-40-26-39-52(9)17-16-35(22-34(52)15-18-55(39,62)56(63)20-19-54(61,33(8)57)53(40,56)10)72-42-23-36(64-11)47(30(5)68-42)74-43-24-37(65-12)48(31(6)69-43)75-44-25-38(66-13)49(32(7)70-44)76-51-46(60)50(67-14)45(59)29(4)71-51/h15,21,27,29-32,35-40,42-51,59-63H,16-20,22-26H2,1-14H3. The molecule has 0 amide bonds. The zero-order valence-electron chi connectivity index (χ0n) is 47.2. The van der Waals surface area contributed by atoms with Crippen LogP contribution in [0.1, 0.15) is 133 Å². The van der Waals surface area contributed by atoms with Gasteiger partial charge in [0.1, 0.15) is 59.5 Å². The minimum Gasteiger partial charge on any atom is -0.458 e. The fourth-order valence-electron chi connectivity index (χ4n) is 14.7. The molecule has 4 heterocycles. The SMILES string of the molecule is COC1CC(OC2CCC3(C)C(=CCC4(O)C3CC(OC(=O)C=C(C)C(C)C)C3(C)C(O)(C(C)=O)CCC43O)C2)OC(C)C1OC1CC(OC)C(OC2CC(OC)C(OC3OC(C)C(O)C(OC)C3O)C(C)O2)C(C)O1. The molecule has 20 nitrogen and oxygen atoms in total. The predicted molar refractivity (Wildman–Crippen MR) is 270 cm³/mol. The van der Waals surface area contributed by atoms with Crippen LogP contribution in [0.4, 0.5) is 0 Å². The lowest BCUT2D eigenvalue weighted by atomic mass is 9.42. The molecular weight excluding hydrogens is 993 g/mol. The van der Waals surface area contributed by atoms with Crippen molar-refractivity contribution in [2.24, 2.45) is 22.7 Å². The Morgan fingerprint density at radius 2 is 1.20 bits per heavy atom. The molecule has 0 aromatic carbocycles. The van der Waals surface area contributed by atoms with E-state index in [1.54, 1.807) is 35.2 Å². The first-order valence-electron chi connectivity index (χ1n) is 27.7. The Balaban J connectivity index is 0.878. The van der Waals surface area contributed by atoms with Crippen molar-refractivity contribution in [2.45, 2.75) is 267 Å². The summed E-state index contributed by atoms with van der Waals surface area (Å²) in [6.07, 6.45) is -6.42. The van der Waals surface area contributed by atoms with Crippen molar-refractivity contribution in [3.63, 3.8) is 0 Å². The van der Waals surface area contributed by atoms with Gasteiger partial charge in [0.15, 0.2) is 30.9 Å². The number of fused-ring (bicyclic) bond motifs is 5. The molecule has 4 aliphatic heterocycles. The maximum atomic E-state index is 13.6. The number of aliphatic hydroxyl groups excluding tert-OH is 2. The van der Waals surface area contributed by atoms with Crippen molar-refractivity contribution in [3.05, 3.63) is 23.3 Å². The van der Waals surface area contributed by atoms with Gasteiger partial charge < -0.3 is 87.1 Å². The molecule has 76 heavy (non-hydrogen) atoms. The van der Waals surface area contributed by atoms with Crippen molar-refractivity contribution in [1.29, 1.82) is 0 Å². The van der Waals surface area contributed by atoms with Crippen LogP contribution in [0, 0.1) is 22.7 Å². The molecule has 8 rings (SSSR count). The molecule has 25 atom stereocenters. The molecule has 4 saturated heterocycles. The monoisotopic (exact) mass is 1080 g/mol. The minimum atomic E-state index is -2.03. The van der Waals surface area contributed by atoms with E-state index in [-0.39, 0.29) is 37.7 Å². The number of methoxy groups -OCH3 is 4. The molecule has 3 saturated carbocycles. The summed E-state index contributed by atoms with van der Waals surface area (Å²) in [5.74, 6) is -1.64. The summed E-state index contributed by atoms with van der Waals surface area (Å²) in [6.45, 7) is 18.1. The summed E-state index contributed by atoms with van der Waals surface area (Å²) in [7, 11) is 6.24. The van der Waals surface area contributed by atoms with E-state index in [1.165, 1.54) is 20.1 Å². The van der Waals surface area contributed by atoms with Crippen LogP contribution in [0.3, 0.4) is 0 Å². The highest BCUT2D eigenvalue weighted by Crippen LogP contribution is 2.71. The van der Waals surface area contributed by atoms with Crippen LogP contribution in [0.5, 0.6) is 0 Å². The highest BCUT2D eigenvalue weighted by molar-refractivity contribution is 5.87. The van der Waals surface area contributed by atoms with Crippen LogP contribution < -0.4 is 0 Å². The number of hydrogen-bond donors (Lipinski definition) is 5. The number of esters is 1. The first kappa shape index (κ1) is 60.0. The van der Waals surface area contributed by atoms with Gasteiger partial charge in [-0.25, -0.2) is 4.79 Å². The number of allylic oxidation sites excluding steroid dienone is 1. The summed E-state index contributed by atoms with van der Waals surface area (Å²) in [4.78, 5) is 26.9. The maximum Gasteiger partial charge on any atom is 0.330 e. The van der Waals surface area contributed by atoms with E-state index in [4.69, 9.17) is 61.6 Å². The molecule has 8 aliphatic rings. The van der Waals surface area contributed by atoms with Gasteiger partial charge in [0.05, 0.1) is 54.2 Å². The number of carbonyl (C=O) groups is 2. The van der Waals surface area contributed by atoms with Crippen molar-refractivity contribution >= 4 is 11.8 Å². The van der Waals surface area contributed by atoms with E-state index < -0.39 is 156 Å². The Morgan fingerprint density at radius 3 is 1.70 bits per heavy atom. The number of rotatable bonds is 16. The third-order valence-electron chi connectivity index (χ3n) is 19.7. The van der Waals surface area contributed by atoms with Gasteiger partial charge in [-0.3, -0.25) is 4.79 Å². The lowest BCUT2D eigenvalue weighted by Gasteiger charge is -2.67. The molecule has 20 heteroatoms.